The maximum absolute atomic E-state index is 6.37. The van der Waals surface area contributed by atoms with Gasteiger partial charge in [0.2, 0.25) is 0 Å². The molecule has 0 aliphatic heterocycles. The fraction of sp³-hybridized carbons (Fsp3) is 0.333. The monoisotopic (exact) mass is 365 g/mol. The first kappa shape index (κ1) is 16.5. The summed E-state index contributed by atoms with van der Waals surface area (Å²) in [7, 11) is 0. The van der Waals surface area contributed by atoms with Gasteiger partial charge in [-0.1, -0.05) is 70.3 Å². The molecule has 0 fully saturated rings. The molecule has 1 N–H and O–H groups in total. The smallest absolute Gasteiger partial charge is 0.0449 e. The van der Waals surface area contributed by atoms with Crippen molar-refractivity contribution in [3.63, 3.8) is 0 Å². The summed E-state index contributed by atoms with van der Waals surface area (Å²) in [6, 6.07) is 15.1. The lowest BCUT2D eigenvalue weighted by molar-refractivity contribution is 0.529. The van der Waals surface area contributed by atoms with E-state index in [0.717, 1.165) is 28.9 Å². The van der Waals surface area contributed by atoms with E-state index in [1.807, 2.05) is 12.1 Å². The zero-order valence-corrected chi connectivity index (χ0v) is 14.8. The third-order valence-electron chi connectivity index (χ3n) is 3.52. The minimum atomic E-state index is 0.295. The molecule has 1 nitrogen and oxygen atoms in total. The quantitative estimate of drug-likeness (QED) is 0.692. The van der Waals surface area contributed by atoms with Gasteiger partial charge in [0, 0.05) is 15.5 Å². The van der Waals surface area contributed by atoms with Crippen LogP contribution in [0.5, 0.6) is 0 Å². The van der Waals surface area contributed by atoms with Crippen LogP contribution in [0.15, 0.2) is 46.9 Å². The van der Waals surface area contributed by atoms with Gasteiger partial charge in [-0.15, -0.1) is 0 Å². The molecule has 112 valence electrons. The van der Waals surface area contributed by atoms with Crippen molar-refractivity contribution in [3.8, 4) is 0 Å². The molecule has 2 rings (SSSR count). The van der Waals surface area contributed by atoms with Crippen molar-refractivity contribution in [1.82, 2.24) is 5.32 Å². The van der Waals surface area contributed by atoms with Gasteiger partial charge in [0.15, 0.2) is 0 Å². The number of hydrogen-bond acceptors (Lipinski definition) is 1. The van der Waals surface area contributed by atoms with Crippen LogP contribution in [0.4, 0.5) is 0 Å². The summed E-state index contributed by atoms with van der Waals surface area (Å²) in [5.41, 5.74) is 3.79. The second-order valence-electron chi connectivity index (χ2n) is 5.36. The Labute approximate surface area is 140 Å². The maximum atomic E-state index is 6.37. The molecule has 0 aliphatic carbocycles. The maximum Gasteiger partial charge on any atom is 0.0449 e. The summed E-state index contributed by atoms with van der Waals surface area (Å²) in [4.78, 5) is 0. The molecule has 1 atom stereocenters. The van der Waals surface area contributed by atoms with Gasteiger partial charge in [0.05, 0.1) is 0 Å². The minimum Gasteiger partial charge on any atom is -0.310 e. The average Bonchev–Trinajstić information content (AvgIpc) is 2.45. The van der Waals surface area contributed by atoms with Crippen LogP contribution in [0.1, 0.15) is 36.1 Å². The van der Waals surface area contributed by atoms with Crippen LogP contribution in [-0.2, 0) is 6.42 Å². The molecule has 0 heterocycles. The zero-order chi connectivity index (χ0) is 15.2. The van der Waals surface area contributed by atoms with Crippen molar-refractivity contribution < 1.29 is 0 Å². The van der Waals surface area contributed by atoms with Crippen LogP contribution in [0.25, 0.3) is 0 Å². The normalized spacial score (nSPS) is 12.4. The molecule has 1 unspecified atom stereocenters. The second-order valence-corrected chi connectivity index (χ2v) is 6.68. The summed E-state index contributed by atoms with van der Waals surface area (Å²) in [5.74, 6) is 0. The Morgan fingerprint density at radius 3 is 2.67 bits per heavy atom. The third kappa shape index (κ3) is 4.84. The highest BCUT2D eigenvalue weighted by Gasteiger charge is 2.13. The fourth-order valence-electron chi connectivity index (χ4n) is 2.42. The molecule has 0 aliphatic rings. The Balaban J connectivity index is 2.23. The Kier molecular flexibility index (Phi) is 6.28. The highest BCUT2D eigenvalue weighted by Crippen LogP contribution is 2.26. The topological polar surface area (TPSA) is 12.0 Å². The van der Waals surface area contributed by atoms with Crippen LogP contribution in [0, 0.1) is 6.92 Å². The van der Waals surface area contributed by atoms with Gasteiger partial charge >= 0.3 is 0 Å². The Morgan fingerprint density at radius 2 is 2.00 bits per heavy atom. The molecule has 21 heavy (non-hydrogen) atoms. The van der Waals surface area contributed by atoms with Crippen molar-refractivity contribution in [3.05, 3.63) is 68.7 Å². The number of nitrogens with one attached hydrogen (secondary N) is 1. The Morgan fingerprint density at radius 1 is 1.19 bits per heavy atom. The van der Waals surface area contributed by atoms with E-state index in [2.05, 4.69) is 65.4 Å². The van der Waals surface area contributed by atoms with E-state index < -0.39 is 0 Å². The SMILES string of the molecule is CCCNC(Cc1ccc(Br)cc1Cl)c1cccc(C)c1. The van der Waals surface area contributed by atoms with E-state index in [0.29, 0.717) is 6.04 Å². The van der Waals surface area contributed by atoms with Gasteiger partial charge in [0.25, 0.3) is 0 Å². The first-order valence-corrected chi connectivity index (χ1v) is 8.51. The van der Waals surface area contributed by atoms with Gasteiger partial charge < -0.3 is 5.32 Å². The van der Waals surface area contributed by atoms with Crippen molar-refractivity contribution in [1.29, 1.82) is 0 Å². The first-order chi connectivity index (χ1) is 10.1. The largest absolute Gasteiger partial charge is 0.310 e. The Hall–Kier alpha value is -0.830. The molecule has 2 aromatic rings. The highest BCUT2D eigenvalue weighted by molar-refractivity contribution is 9.10. The van der Waals surface area contributed by atoms with Crippen molar-refractivity contribution in [2.24, 2.45) is 0 Å². The van der Waals surface area contributed by atoms with Crippen LogP contribution in [0.3, 0.4) is 0 Å². The van der Waals surface area contributed by atoms with Crippen molar-refractivity contribution >= 4 is 27.5 Å². The van der Waals surface area contributed by atoms with Crippen molar-refractivity contribution in [2.75, 3.05) is 6.54 Å². The standard InChI is InChI=1S/C18H21BrClN/c1-3-9-21-18(15-6-4-5-13(2)10-15)11-14-7-8-16(19)12-17(14)20/h4-8,10,12,18,21H,3,9,11H2,1-2H3. The molecule has 0 saturated carbocycles. The van der Waals surface area contributed by atoms with Crippen LogP contribution in [-0.4, -0.2) is 6.54 Å². The lowest BCUT2D eigenvalue weighted by atomic mass is 9.97. The highest BCUT2D eigenvalue weighted by atomic mass is 79.9. The van der Waals surface area contributed by atoms with Gasteiger partial charge in [-0.2, -0.15) is 0 Å². The van der Waals surface area contributed by atoms with Crippen LogP contribution >= 0.6 is 27.5 Å². The van der Waals surface area contributed by atoms with E-state index in [1.54, 1.807) is 0 Å². The molecule has 0 saturated heterocycles. The second kappa shape index (κ2) is 7.98. The molecule has 0 radical (unpaired) electrons. The average molecular weight is 367 g/mol. The summed E-state index contributed by atoms with van der Waals surface area (Å²) in [6.45, 7) is 5.33. The number of halogens is 2. The predicted octanol–water partition coefficient (Wildman–Crippen LogP) is 5.69. The predicted molar refractivity (Wildman–Crippen MR) is 95.1 cm³/mol. The molecular formula is C18H21BrClN. The van der Waals surface area contributed by atoms with Gasteiger partial charge in [-0.25, -0.2) is 0 Å². The zero-order valence-electron chi connectivity index (χ0n) is 12.5. The number of aryl methyl sites for hydroxylation is 1. The van der Waals surface area contributed by atoms with Crippen LogP contribution < -0.4 is 5.32 Å². The first-order valence-electron chi connectivity index (χ1n) is 7.34. The third-order valence-corrected chi connectivity index (χ3v) is 4.37. The van der Waals surface area contributed by atoms with Gasteiger partial charge in [0.1, 0.15) is 0 Å². The lowest BCUT2D eigenvalue weighted by Gasteiger charge is -2.20. The van der Waals surface area contributed by atoms with Crippen LogP contribution in [0.2, 0.25) is 5.02 Å². The van der Waals surface area contributed by atoms with E-state index in [-0.39, 0.29) is 0 Å². The van der Waals surface area contributed by atoms with E-state index in [1.165, 1.54) is 16.7 Å². The molecule has 0 aromatic heterocycles. The Bertz CT molecular complexity index is 598. The lowest BCUT2D eigenvalue weighted by Crippen LogP contribution is -2.24. The summed E-state index contributed by atoms with van der Waals surface area (Å²) in [6.07, 6.45) is 2.02. The molecule has 0 amide bonds. The molecule has 0 spiro atoms. The van der Waals surface area contributed by atoms with Gasteiger partial charge in [-0.05, 0) is 49.6 Å². The van der Waals surface area contributed by atoms with E-state index >= 15 is 0 Å². The summed E-state index contributed by atoms with van der Waals surface area (Å²) in [5, 5.41) is 4.45. The number of benzene rings is 2. The van der Waals surface area contributed by atoms with Gasteiger partial charge in [-0.3, -0.25) is 0 Å². The summed E-state index contributed by atoms with van der Waals surface area (Å²) >= 11 is 9.83. The van der Waals surface area contributed by atoms with Crippen molar-refractivity contribution in [2.45, 2.75) is 32.7 Å². The molecule has 2 aromatic carbocycles. The number of rotatable bonds is 6. The molecule has 0 bridgehead atoms. The minimum absolute atomic E-state index is 0.295. The van der Waals surface area contributed by atoms with E-state index in [4.69, 9.17) is 11.6 Å². The van der Waals surface area contributed by atoms with E-state index in [9.17, 15) is 0 Å². The number of hydrogen-bond donors (Lipinski definition) is 1. The molecular weight excluding hydrogens is 346 g/mol. The molecule has 3 heteroatoms. The fourth-order valence-corrected chi connectivity index (χ4v) is 3.17. The summed E-state index contributed by atoms with van der Waals surface area (Å²) < 4.78 is 1.02.